The van der Waals surface area contributed by atoms with Gasteiger partial charge in [-0.1, -0.05) is 12.7 Å². The number of rotatable bonds is 3. The van der Waals surface area contributed by atoms with Gasteiger partial charge in [0.25, 0.3) is 5.95 Å². The predicted molar refractivity (Wildman–Crippen MR) is 46.7 cm³/mol. The Labute approximate surface area is 75.7 Å². The summed E-state index contributed by atoms with van der Waals surface area (Å²) in [6.45, 7) is 3.53. The molecule has 70 valence electrons. The Kier molecular flexibility index (Phi) is 2.74. The first kappa shape index (κ1) is 9.38. The van der Waals surface area contributed by atoms with Crippen molar-refractivity contribution in [3.63, 3.8) is 0 Å². The van der Waals surface area contributed by atoms with E-state index in [9.17, 15) is 4.79 Å². The van der Waals surface area contributed by atoms with Crippen molar-refractivity contribution in [1.82, 2.24) is 0 Å². The number of hydrogen-bond acceptors (Lipinski definition) is 4. The normalized spacial score (nSPS) is 9.38. The third kappa shape index (κ3) is 1.56. The molecule has 0 saturated carbocycles. The molecule has 0 N–H and O–H groups in total. The molecule has 0 fully saturated rings. The lowest BCUT2D eigenvalue weighted by molar-refractivity contribution is 0.0594. The Morgan fingerprint density at radius 1 is 1.62 bits per heavy atom. The Morgan fingerprint density at radius 3 is 2.77 bits per heavy atom. The van der Waals surface area contributed by atoms with E-state index in [0.717, 1.165) is 0 Å². The quantitative estimate of drug-likeness (QED) is 0.668. The zero-order chi connectivity index (χ0) is 9.84. The second-order valence-corrected chi connectivity index (χ2v) is 2.25. The number of methoxy groups -OCH3 is 2. The molecule has 0 unspecified atom stereocenters. The van der Waals surface area contributed by atoms with Crippen LogP contribution in [-0.2, 0) is 4.74 Å². The van der Waals surface area contributed by atoms with Crippen LogP contribution in [0.15, 0.2) is 17.3 Å². The first-order chi connectivity index (χ1) is 6.24. The van der Waals surface area contributed by atoms with E-state index in [0.29, 0.717) is 5.56 Å². The van der Waals surface area contributed by atoms with E-state index in [4.69, 9.17) is 9.15 Å². The zero-order valence-corrected chi connectivity index (χ0v) is 7.49. The first-order valence-corrected chi connectivity index (χ1v) is 3.60. The van der Waals surface area contributed by atoms with Crippen LogP contribution in [0, 0.1) is 0 Å². The fraction of sp³-hybridized carbons (Fsp3) is 0.222. The van der Waals surface area contributed by atoms with E-state index >= 15 is 0 Å². The van der Waals surface area contributed by atoms with Crippen LogP contribution in [0.1, 0.15) is 15.9 Å². The molecule has 0 atom stereocenters. The van der Waals surface area contributed by atoms with Gasteiger partial charge in [-0.25, -0.2) is 4.79 Å². The molecule has 0 amide bonds. The number of carbonyl (C=O) groups excluding carboxylic acids is 1. The molecule has 0 spiro atoms. The summed E-state index contributed by atoms with van der Waals surface area (Å²) in [4.78, 5) is 11.2. The lowest BCUT2D eigenvalue weighted by atomic mass is 10.2. The maximum absolute atomic E-state index is 11.2. The van der Waals surface area contributed by atoms with Crippen LogP contribution in [0.4, 0.5) is 0 Å². The summed E-state index contributed by atoms with van der Waals surface area (Å²) in [5.74, 6) is -0.359. The highest BCUT2D eigenvalue weighted by molar-refractivity contribution is 5.95. The lowest BCUT2D eigenvalue weighted by Crippen LogP contribution is -2.03. The van der Waals surface area contributed by atoms with Crippen LogP contribution in [0.2, 0.25) is 0 Å². The molecule has 13 heavy (non-hydrogen) atoms. The number of carbonyl (C=O) groups is 1. The molecule has 0 aromatic carbocycles. The standard InChI is InChI=1S/C9H10O4/c1-4-6-5-13-9(12-3)7(6)8(10)11-2/h4-5H,1H2,2-3H3. The van der Waals surface area contributed by atoms with Gasteiger partial charge in [0.15, 0.2) is 5.56 Å². The smallest absolute Gasteiger partial charge is 0.345 e. The number of furan rings is 1. The van der Waals surface area contributed by atoms with Crippen molar-refractivity contribution in [3.05, 3.63) is 24.0 Å². The van der Waals surface area contributed by atoms with Gasteiger partial charge in [0.1, 0.15) is 6.26 Å². The largest absolute Gasteiger partial charge is 0.468 e. The monoisotopic (exact) mass is 182 g/mol. The topological polar surface area (TPSA) is 48.7 Å². The van der Waals surface area contributed by atoms with Gasteiger partial charge < -0.3 is 13.9 Å². The number of ether oxygens (including phenoxy) is 2. The molecule has 0 saturated heterocycles. The summed E-state index contributed by atoms with van der Waals surface area (Å²) in [6, 6.07) is 0. The summed E-state index contributed by atoms with van der Waals surface area (Å²) in [5, 5.41) is 0. The van der Waals surface area contributed by atoms with Crippen LogP contribution in [0.3, 0.4) is 0 Å². The maximum Gasteiger partial charge on any atom is 0.345 e. The van der Waals surface area contributed by atoms with Crippen LogP contribution in [0.25, 0.3) is 6.08 Å². The highest BCUT2D eigenvalue weighted by atomic mass is 16.6. The van der Waals surface area contributed by atoms with E-state index in [2.05, 4.69) is 11.3 Å². The van der Waals surface area contributed by atoms with Gasteiger partial charge >= 0.3 is 5.97 Å². The second kappa shape index (κ2) is 3.80. The Hall–Kier alpha value is -1.71. The van der Waals surface area contributed by atoms with Crippen molar-refractivity contribution in [3.8, 4) is 5.95 Å². The average Bonchev–Trinajstić information content (AvgIpc) is 2.59. The minimum absolute atomic E-state index is 0.141. The van der Waals surface area contributed by atoms with Crippen LogP contribution in [0.5, 0.6) is 5.95 Å². The highest BCUT2D eigenvalue weighted by Crippen LogP contribution is 2.25. The zero-order valence-electron chi connectivity index (χ0n) is 7.49. The molecule has 0 bridgehead atoms. The van der Waals surface area contributed by atoms with Crippen molar-refractivity contribution in [2.45, 2.75) is 0 Å². The van der Waals surface area contributed by atoms with Crippen molar-refractivity contribution >= 4 is 12.0 Å². The minimum Gasteiger partial charge on any atom is -0.468 e. The summed E-state index contributed by atoms with van der Waals surface area (Å²) >= 11 is 0. The molecule has 0 aliphatic heterocycles. The van der Waals surface area contributed by atoms with Crippen LogP contribution >= 0.6 is 0 Å². The van der Waals surface area contributed by atoms with Gasteiger partial charge in [-0.2, -0.15) is 0 Å². The molecular weight excluding hydrogens is 172 g/mol. The van der Waals surface area contributed by atoms with E-state index < -0.39 is 5.97 Å². The SMILES string of the molecule is C=Cc1coc(OC)c1C(=O)OC. The molecule has 1 aromatic rings. The van der Waals surface area contributed by atoms with Crippen molar-refractivity contribution in [1.29, 1.82) is 0 Å². The Bertz CT molecular complexity index is 324. The molecule has 0 aliphatic rings. The van der Waals surface area contributed by atoms with Gasteiger partial charge in [0.05, 0.1) is 14.2 Å². The molecule has 1 heterocycles. The van der Waals surface area contributed by atoms with Crippen LogP contribution in [-0.4, -0.2) is 20.2 Å². The third-order valence-corrected chi connectivity index (χ3v) is 1.58. The predicted octanol–water partition coefficient (Wildman–Crippen LogP) is 1.72. The molecule has 4 heteroatoms. The fourth-order valence-electron chi connectivity index (χ4n) is 0.956. The third-order valence-electron chi connectivity index (χ3n) is 1.58. The maximum atomic E-state index is 11.2. The van der Waals surface area contributed by atoms with E-state index in [1.807, 2.05) is 0 Å². The molecule has 4 nitrogen and oxygen atoms in total. The lowest BCUT2D eigenvalue weighted by Gasteiger charge is -1.99. The number of esters is 1. The molecule has 0 aliphatic carbocycles. The van der Waals surface area contributed by atoms with E-state index in [-0.39, 0.29) is 11.5 Å². The Balaban J connectivity index is 3.19. The Morgan fingerprint density at radius 2 is 2.31 bits per heavy atom. The second-order valence-electron chi connectivity index (χ2n) is 2.25. The van der Waals surface area contributed by atoms with E-state index in [1.165, 1.54) is 26.6 Å². The molecule has 1 rings (SSSR count). The summed E-state index contributed by atoms with van der Waals surface area (Å²) < 4.78 is 14.4. The minimum atomic E-state index is -0.500. The highest BCUT2D eigenvalue weighted by Gasteiger charge is 2.20. The molecular formula is C9H10O4. The van der Waals surface area contributed by atoms with Gasteiger partial charge in [0, 0.05) is 5.56 Å². The van der Waals surface area contributed by atoms with Gasteiger partial charge in [-0.15, -0.1) is 0 Å². The van der Waals surface area contributed by atoms with Crippen molar-refractivity contribution in [2.75, 3.05) is 14.2 Å². The fourth-order valence-corrected chi connectivity index (χ4v) is 0.956. The van der Waals surface area contributed by atoms with E-state index in [1.54, 1.807) is 0 Å². The van der Waals surface area contributed by atoms with Crippen molar-refractivity contribution < 1.29 is 18.7 Å². The summed E-state index contributed by atoms with van der Waals surface area (Å²) in [6.07, 6.45) is 2.89. The van der Waals surface area contributed by atoms with Gasteiger partial charge in [0.2, 0.25) is 0 Å². The molecule has 1 aromatic heterocycles. The molecule has 0 radical (unpaired) electrons. The average molecular weight is 182 g/mol. The van der Waals surface area contributed by atoms with Crippen LogP contribution < -0.4 is 4.74 Å². The van der Waals surface area contributed by atoms with Gasteiger partial charge in [-0.3, -0.25) is 0 Å². The van der Waals surface area contributed by atoms with Gasteiger partial charge in [-0.05, 0) is 0 Å². The first-order valence-electron chi connectivity index (χ1n) is 3.60. The van der Waals surface area contributed by atoms with Crippen molar-refractivity contribution in [2.24, 2.45) is 0 Å². The summed E-state index contributed by atoms with van der Waals surface area (Å²) in [7, 11) is 2.71. The summed E-state index contributed by atoms with van der Waals surface area (Å²) in [5.41, 5.74) is 0.823. The number of hydrogen-bond donors (Lipinski definition) is 0.